The van der Waals surface area contributed by atoms with Crippen molar-refractivity contribution in [3.63, 3.8) is 0 Å². The van der Waals surface area contributed by atoms with Gasteiger partial charge in [0, 0.05) is 12.1 Å². The molecule has 0 N–H and O–H groups in total. The first-order valence-electron chi connectivity index (χ1n) is 8.29. The van der Waals surface area contributed by atoms with E-state index in [1.54, 1.807) is 0 Å². The van der Waals surface area contributed by atoms with E-state index < -0.39 is 0 Å². The van der Waals surface area contributed by atoms with Gasteiger partial charge in [-0.15, -0.1) is 0 Å². The van der Waals surface area contributed by atoms with Crippen molar-refractivity contribution in [2.24, 2.45) is 21.8 Å². The Hall–Kier alpha value is -1.51. The summed E-state index contributed by atoms with van der Waals surface area (Å²) in [7, 11) is 0. The second kappa shape index (κ2) is 8.21. The Morgan fingerprint density at radius 1 is 0.773 bits per heavy atom. The van der Waals surface area contributed by atoms with Crippen LogP contribution in [0.25, 0.3) is 0 Å². The lowest BCUT2D eigenvalue weighted by molar-refractivity contribution is 0.531. The van der Waals surface area contributed by atoms with Gasteiger partial charge in [0.2, 0.25) is 0 Å². The summed E-state index contributed by atoms with van der Waals surface area (Å²) in [5, 5.41) is 0. The monoisotopic (exact) mass is 301 g/mol. The van der Waals surface area contributed by atoms with Crippen LogP contribution in [0.3, 0.4) is 0 Å². The first-order valence-corrected chi connectivity index (χ1v) is 8.29. The van der Waals surface area contributed by atoms with Gasteiger partial charge in [-0.25, -0.2) is 4.98 Å². The van der Waals surface area contributed by atoms with Crippen molar-refractivity contribution in [1.82, 2.24) is 4.98 Å². The van der Waals surface area contributed by atoms with Gasteiger partial charge in [-0.3, -0.25) is 9.98 Å². The highest BCUT2D eigenvalue weighted by molar-refractivity contribution is 6.00. The van der Waals surface area contributed by atoms with Gasteiger partial charge in [0.1, 0.15) is 0 Å². The van der Waals surface area contributed by atoms with E-state index in [1.165, 1.54) is 0 Å². The van der Waals surface area contributed by atoms with Gasteiger partial charge >= 0.3 is 0 Å². The van der Waals surface area contributed by atoms with Gasteiger partial charge in [-0.05, 0) is 51.7 Å². The summed E-state index contributed by atoms with van der Waals surface area (Å²) in [5.74, 6) is 1.07. The Labute approximate surface area is 136 Å². The Morgan fingerprint density at radius 2 is 1.14 bits per heavy atom. The van der Waals surface area contributed by atoms with Crippen LogP contribution in [0.2, 0.25) is 0 Å². The summed E-state index contributed by atoms with van der Waals surface area (Å²) in [6, 6.07) is 6.70. The summed E-state index contributed by atoms with van der Waals surface area (Å²) in [6.45, 7) is 17.1. The molecule has 1 aromatic heterocycles. The van der Waals surface area contributed by atoms with E-state index in [-0.39, 0.29) is 0 Å². The second-order valence-electron chi connectivity index (χ2n) is 6.81. The van der Waals surface area contributed by atoms with Crippen molar-refractivity contribution >= 4 is 11.4 Å². The smallest absolute Gasteiger partial charge is 0.0845 e. The third kappa shape index (κ3) is 5.36. The molecular weight excluding hydrogens is 270 g/mol. The summed E-state index contributed by atoms with van der Waals surface area (Å²) in [4.78, 5) is 14.2. The molecule has 0 aromatic carbocycles. The van der Waals surface area contributed by atoms with Crippen LogP contribution in [-0.2, 0) is 0 Å². The lowest BCUT2D eigenvalue weighted by Crippen LogP contribution is -2.14. The van der Waals surface area contributed by atoms with Crippen LogP contribution >= 0.6 is 0 Å². The average molecular weight is 301 g/mol. The number of aliphatic imine (C=N–C) groups is 2. The molecule has 1 rings (SSSR count). The zero-order chi connectivity index (χ0) is 16.9. The summed E-state index contributed by atoms with van der Waals surface area (Å²) >= 11 is 0. The molecule has 0 aliphatic heterocycles. The van der Waals surface area contributed by atoms with Crippen LogP contribution in [0.4, 0.5) is 0 Å². The van der Waals surface area contributed by atoms with Crippen molar-refractivity contribution in [3.8, 4) is 0 Å². The molecule has 2 atom stereocenters. The van der Waals surface area contributed by atoms with Crippen molar-refractivity contribution in [1.29, 1.82) is 0 Å². The second-order valence-corrected chi connectivity index (χ2v) is 6.81. The molecule has 1 aromatic rings. The molecule has 122 valence electrons. The molecule has 0 aliphatic rings. The third-order valence-corrected chi connectivity index (χ3v) is 4.21. The minimum atomic E-state index is 0.307. The molecule has 0 aliphatic carbocycles. The van der Waals surface area contributed by atoms with Crippen LogP contribution in [0.15, 0.2) is 28.2 Å². The Morgan fingerprint density at radius 3 is 1.45 bits per heavy atom. The molecule has 1 heterocycles. The van der Waals surface area contributed by atoms with Gasteiger partial charge in [0.05, 0.1) is 22.8 Å². The fourth-order valence-corrected chi connectivity index (χ4v) is 1.88. The Kier molecular flexibility index (Phi) is 6.92. The van der Waals surface area contributed by atoms with Gasteiger partial charge in [-0.2, -0.15) is 0 Å². The van der Waals surface area contributed by atoms with Crippen molar-refractivity contribution in [3.05, 3.63) is 29.6 Å². The van der Waals surface area contributed by atoms with Gasteiger partial charge in [-0.1, -0.05) is 33.8 Å². The van der Waals surface area contributed by atoms with Gasteiger partial charge in [0.25, 0.3) is 0 Å². The van der Waals surface area contributed by atoms with Crippen LogP contribution in [0, 0.1) is 11.8 Å². The molecule has 0 spiro atoms. The zero-order valence-corrected chi connectivity index (χ0v) is 15.4. The normalized spacial score (nSPS) is 16.3. The molecule has 3 nitrogen and oxygen atoms in total. The first kappa shape index (κ1) is 18.5. The average Bonchev–Trinajstić information content (AvgIpc) is 2.46. The number of rotatable bonds is 6. The minimum absolute atomic E-state index is 0.307. The lowest BCUT2D eigenvalue weighted by atomic mass is 10.1. The van der Waals surface area contributed by atoms with E-state index >= 15 is 0 Å². The predicted octanol–water partition coefficient (Wildman–Crippen LogP) is 4.79. The van der Waals surface area contributed by atoms with E-state index in [2.05, 4.69) is 41.5 Å². The first-order chi connectivity index (χ1) is 10.2. The molecular formula is C19H31N3. The van der Waals surface area contributed by atoms with Crippen molar-refractivity contribution < 1.29 is 0 Å². The maximum absolute atomic E-state index is 4.75. The fraction of sp³-hybridized carbons (Fsp3) is 0.632. The van der Waals surface area contributed by atoms with E-state index in [0.717, 1.165) is 22.8 Å². The topological polar surface area (TPSA) is 37.6 Å². The largest absolute Gasteiger partial charge is 0.285 e. The molecule has 0 bridgehead atoms. The molecule has 22 heavy (non-hydrogen) atoms. The number of hydrogen-bond acceptors (Lipinski definition) is 3. The van der Waals surface area contributed by atoms with Crippen LogP contribution < -0.4 is 0 Å². The molecule has 0 saturated heterocycles. The minimum Gasteiger partial charge on any atom is -0.285 e. The fourth-order valence-electron chi connectivity index (χ4n) is 1.88. The molecule has 0 fully saturated rings. The summed E-state index contributed by atoms with van der Waals surface area (Å²) in [6.07, 6.45) is 0. The van der Waals surface area contributed by atoms with E-state index in [4.69, 9.17) is 15.0 Å². The lowest BCUT2D eigenvalue weighted by Gasteiger charge is -2.13. The standard InChI is InChI=1S/C19H31N3/c1-12(2)14(5)20-16(7)18-10-9-11-19(22-18)17(8)21-15(6)13(3)4/h9-15H,1-8H3/b20-16+,21-17+/t14-,15-/m0/s1. The molecule has 0 amide bonds. The third-order valence-electron chi connectivity index (χ3n) is 4.21. The van der Waals surface area contributed by atoms with Crippen LogP contribution in [0.1, 0.15) is 66.8 Å². The highest BCUT2D eigenvalue weighted by Crippen LogP contribution is 2.11. The van der Waals surface area contributed by atoms with Gasteiger partial charge in [0.15, 0.2) is 0 Å². The number of pyridine rings is 1. The highest BCUT2D eigenvalue weighted by atomic mass is 14.9. The molecule has 0 radical (unpaired) electrons. The van der Waals surface area contributed by atoms with E-state index in [9.17, 15) is 0 Å². The van der Waals surface area contributed by atoms with Crippen molar-refractivity contribution in [2.75, 3.05) is 0 Å². The number of hydrogen-bond donors (Lipinski definition) is 0. The maximum atomic E-state index is 4.75. The Bertz CT molecular complexity index is 496. The van der Waals surface area contributed by atoms with Gasteiger partial charge < -0.3 is 0 Å². The molecule has 0 saturated carbocycles. The number of nitrogens with zero attached hydrogens (tertiary/aromatic N) is 3. The summed E-state index contributed by atoms with van der Waals surface area (Å²) in [5.41, 5.74) is 3.87. The SMILES string of the molecule is C/C(=N\[C@@H](C)C(C)C)c1cccc(/C(C)=N/[C@@H](C)C(C)C)n1. The predicted molar refractivity (Wildman–Crippen MR) is 97.3 cm³/mol. The maximum Gasteiger partial charge on any atom is 0.0845 e. The number of aromatic nitrogens is 1. The molecule has 3 heteroatoms. The zero-order valence-electron chi connectivity index (χ0n) is 15.4. The highest BCUT2D eigenvalue weighted by Gasteiger charge is 2.10. The van der Waals surface area contributed by atoms with E-state index in [1.807, 2.05) is 32.0 Å². The quantitative estimate of drug-likeness (QED) is 0.696. The Balaban J connectivity index is 3.04. The molecule has 0 unspecified atom stereocenters. The van der Waals surface area contributed by atoms with Crippen molar-refractivity contribution in [2.45, 2.75) is 67.5 Å². The van der Waals surface area contributed by atoms with E-state index in [0.29, 0.717) is 23.9 Å². The summed E-state index contributed by atoms with van der Waals surface area (Å²) < 4.78 is 0. The van der Waals surface area contributed by atoms with Crippen LogP contribution in [0.5, 0.6) is 0 Å². The van der Waals surface area contributed by atoms with Crippen LogP contribution in [-0.4, -0.2) is 28.5 Å².